The van der Waals surface area contributed by atoms with E-state index in [1.54, 1.807) is 6.07 Å². The number of H-pyrrole nitrogens is 2. The SMILES string of the molecule is CCc1nc(-c2ccccc2-c2nc3ccc(F)cc3[nH]2)[nH]c1C. The second-order valence-corrected chi connectivity index (χ2v) is 5.80. The van der Waals surface area contributed by atoms with Crippen molar-refractivity contribution in [2.24, 2.45) is 0 Å². The first-order valence-electron chi connectivity index (χ1n) is 7.96. The van der Waals surface area contributed by atoms with E-state index in [4.69, 9.17) is 4.98 Å². The van der Waals surface area contributed by atoms with E-state index >= 15 is 0 Å². The van der Waals surface area contributed by atoms with Gasteiger partial charge in [-0.2, -0.15) is 0 Å². The number of hydrogen-bond acceptors (Lipinski definition) is 2. The number of imidazole rings is 2. The maximum Gasteiger partial charge on any atom is 0.139 e. The second kappa shape index (κ2) is 5.60. The lowest BCUT2D eigenvalue weighted by atomic mass is 10.1. The molecule has 0 saturated heterocycles. The highest BCUT2D eigenvalue weighted by atomic mass is 19.1. The lowest BCUT2D eigenvalue weighted by Gasteiger charge is -2.04. The van der Waals surface area contributed by atoms with E-state index in [1.165, 1.54) is 12.1 Å². The highest BCUT2D eigenvalue weighted by molar-refractivity contribution is 5.84. The van der Waals surface area contributed by atoms with Gasteiger partial charge >= 0.3 is 0 Å². The zero-order chi connectivity index (χ0) is 16.7. The van der Waals surface area contributed by atoms with E-state index in [-0.39, 0.29) is 5.82 Å². The van der Waals surface area contributed by atoms with E-state index in [0.29, 0.717) is 11.3 Å². The van der Waals surface area contributed by atoms with Crippen molar-refractivity contribution in [3.05, 3.63) is 59.7 Å². The van der Waals surface area contributed by atoms with E-state index in [1.807, 2.05) is 31.2 Å². The molecule has 120 valence electrons. The van der Waals surface area contributed by atoms with Crippen LogP contribution in [0.2, 0.25) is 0 Å². The topological polar surface area (TPSA) is 57.4 Å². The number of fused-ring (bicyclic) bond motifs is 1. The molecule has 2 aromatic heterocycles. The van der Waals surface area contributed by atoms with Crippen LogP contribution in [0.3, 0.4) is 0 Å². The predicted octanol–water partition coefficient (Wildman–Crippen LogP) is 4.63. The molecule has 24 heavy (non-hydrogen) atoms. The molecule has 4 rings (SSSR count). The molecule has 0 unspecified atom stereocenters. The largest absolute Gasteiger partial charge is 0.342 e. The number of halogens is 1. The van der Waals surface area contributed by atoms with Crippen LogP contribution in [0, 0.1) is 12.7 Å². The summed E-state index contributed by atoms with van der Waals surface area (Å²) in [6.45, 7) is 4.12. The van der Waals surface area contributed by atoms with Crippen LogP contribution in [0.4, 0.5) is 4.39 Å². The maximum atomic E-state index is 13.4. The standard InChI is InChI=1S/C19H17FN4/c1-3-15-11(2)21-18(22-15)13-6-4-5-7-14(13)19-23-16-9-8-12(20)10-17(16)24-19/h4-10H,3H2,1-2H3,(H,21,22)(H,23,24). The van der Waals surface area contributed by atoms with Crippen molar-refractivity contribution in [2.75, 3.05) is 0 Å². The molecule has 0 fully saturated rings. The van der Waals surface area contributed by atoms with Crippen molar-refractivity contribution in [1.82, 2.24) is 19.9 Å². The highest BCUT2D eigenvalue weighted by Gasteiger charge is 2.14. The number of benzene rings is 2. The summed E-state index contributed by atoms with van der Waals surface area (Å²) >= 11 is 0. The Labute approximate surface area is 138 Å². The number of aryl methyl sites for hydroxylation is 2. The minimum Gasteiger partial charge on any atom is -0.342 e. The van der Waals surface area contributed by atoms with Gasteiger partial charge in [0.2, 0.25) is 0 Å². The van der Waals surface area contributed by atoms with Crippen LogP contribution in [-0.4, -0.2) is 19.9 Å². The maximum absolute atomic E-state index is 13.4. The summed E-state index contributed by atoms with van der Waals surface area (Å²) in [4.78, 5) is 15.8. The number of hydrogen-bond donors (Lipinski definition) is 2. The summed E-state index contributed by atoms with van der Waals surface area (Å²) in [5.41, 5.74) is 5.47. The Kier molecular flexibility index (Phi) is 3.41. The summed E-state index contributed by atoms with van der Waals surface area (Å²) in [5, 5.41) is 0. The molecule has 0 atom stereocenters. The molecule has 0 aliphatic carbocycles. The number of nitrogens with one attached hydrogen (secondary N) is 2. The lowest BCUT2D eigenvalue weighted by Crippen LogP contribution is -1.89. The van der Waals surface area contributed by atoms with Crippen LogP contribution in [0.1, 0.15) is 18.3 Å². The van der Waals surface area contributed by atoms with Crippen molar-refractivity contribution < 1.29 is 4.39 Å². The van der Waals surface area contributed by atoms with Crippen molar-refractivity contribution >= 4 is 11.0 Å². The van der Waals surface area contributed by atoms with Gasteiger partial charge in [-0.15, -0.1) is 0 Å². The molecule has 0 aliphatic heterocycles. The summed E-state index contributed by atoms with van der Waals surface area (Å²) in [5.74, 6) is 1.25. The first kappa shape index (κ1) is 14.6. The van der Waals surface area contributed by atoms with Gasteiger partial charge in [-0.05, 0) is 31.5 Å². The van der Waals surface area contributed by atoms with Gasteiger partial charge in [0.05, 0.1) is 16.7 Å². The number of rotatable bonds is 3. The fraction of sp³-hybridized carbons (Fsp3) is 0.158. The highest BCUT2D eigenvalue weighted by Crippen LogP contribution is 2.30. The van der Waals surface area contributed by atoms with Gasteiger partial charge in [-0.1, -0.05) is 31.2 Å². The van der Waals surface area contributed by atoms with Gasteiger partial charge in [-0.3, -0.25) is 0 Å². The van der Waals surface area contributed by atoms with E-state index in [0.717, 1.165) is 40.3 Å². The minimum absolute atomic E-state index is 0.278. The number of aromatic nitrogens is 4. The molecule has 0 amide bonds. The quantitative estimate of drug-likeness (QED) is 0.578. The van der Waals surface area contributed by atoms with E-state index < -0.39 is 0 Å². The molecular weight excluding hydrogens is 303 g/mol. The molecular formula is C19H17FN4. The number of nitrogens with zero attached hydrogens (tertiary/aromatic N) is 2. The van der Waals surface area contributed by atoms with Crippen LogP contribution >= 0.6 is 0 Å². The normalized spacial score (nSPS) is 11.3. The molecule has 2 aromatic carbocycles. The zero-order valence-electron chi connectivity index (χ0n) is 13.5. The Morgan fingerprint density at radius 1 is 0.958 bits per heavy atom. The molecule has 4 aromatic rings. The summed E-state index contributed by atoms with van der Waals surface area (Å²) in [6.07, 6.45) is 0.883. The van der Waals surface area contributed by atoms with Gasteiger partial charge in [0.25, 0.3) is 0 Å². The fourth-order valence-corrected chi connectivity index (χ4v) is 2.97. The zero-order valence-corrected chi connectivity index (χ0v) is 13.5. The molecule has 0 radical (unpaired) electrons. The van der Waals surface area contributed by atoms with E-state index in [9.17, 15) is 4.39 Å². The second-order valence-electron chi connectivity index (χ2n) is 5.80. The average Bonchev–Trinajstić information content (AvgIpc) is 3.17. The van der Waals surface area contributed by atoms with Crippen molar-refractivity contribution in [3.8, 4) is 22.8 Å². The van der Waals surface area contributed by atoms with Crippen molar-refractivity contribution in [3.63, 3.8) is 0 Å². The van der Waals surface area contributed by atoms with Gasteiger partial charge in [-0.25, -0.2) is 14.4 Å². The van der Waals surface area contributed by atoms with Crippen LogP contribution < -0.4 is 0 Å². The van der Waals surface area contributed by atoms with Crippen LogP contribution in [-0.2, 0) is 6.42 Å². The van der Waals surface area contributed by atoms with E-state index in [2.05, 4.69) is 21.9 Å². The lowest BCUT2D eigenvalue weighted by molar-refractivity contribution is 0.629. The molecule has 5 heteroatoms. The van der Waals surface area contributed by atoms with Crippen LogP contribution in [0.5, 0.6) is 0 Å². The average molecular weight is 320 g/mol. The third-order valence-corrected chi connectivity index (χ3v) is 4.20. The summed E-state index contributed by atoms with van der Waals surface area (Å²) in [7, 11) is 0. The van der Waals surface area contributed by atoms with Gasteiger partial charge in [0.1, 0.15) is 17.5 Å². The van der Waals surface area contributed by atoms with Crippen LogP contribution in [0.25, 0.3) is 33.8 Å². The summed E-state index contributed by atoms with van der Waals surface area (Å²) in [6, 6.07) is 12.5. The Bertz CT molecular complexity index is 1030. The summed E-state index contributed by atoms with van der Waals surface area (Å²) < 4.78 is 13.4. The molecule has 0 aliphatic rings. The first-order chi connectivity index (χ1) is 11.7. The molecule has 0 bridgehead atoms. The van der Waals surface area contributed by atoms with Crippen LogP contribution in [0.15, 0.2) is 42.5 Å². The Balaban J connectivity index is 1.88. The molecule has 4 nitrogen and oxygen atoms in total. The Morgan fingerprint density at radius 3 is 2.33 bits per heavy atom. The van der Waals surface area contributed by atoms with Gasteiger partial charge in [0.15, 0.2) is 0 Å². The predicted molar refractivity (Wildman–Crippen MR) is 93.2 cm³/mol. The fourth-order valence-electron chi connectivity index (χ4n) is 2.97. The minimum atomic E-state index is -0.278. The smallest absolute Gasteiger partial charge is 0.139 e. The Morgan fingerprint density at radius 2 is 1.67 bits per heavy atom. The monoisotopic (exact) mass is 320 g/mol. The molecule has 2 heterocycles. The Hall–Kier alpha value is -2.95. The van der Waals surface area contributed by atoms with Crippen molar-refractivity contribution in [2.45, 2.75) is 20.3 Å². The van der Waals surface area contributed by atoms with Crippen molar-refractivity contribution in [1.29, 1.82) is 0 Å². The number of aromatic amines is 2. The third kappa shape index (κ3) is 2.38. The molecule has 2 N–H and O–H groups in total. The van der Waals surface area contributed by atoms with Gasteiger partial charge < -0.3 is 9.97 Å². The third-order valence-electron chi connectivity index (χ3n) is 4.20. The molecule has 0 spiro atoms. The first-order valence-corrected chi connectivity index (χ1v) is 7.96. The van der Waals surface area contributed by atoms with Gasteiger partial charge in [0, 0.05) is 16.8 Å². The molecule has 0 saturated carbocycles.